The van der Waals surface area contributed by atoms with E-state index in [1.807, 2.05) is 6.07 Å². The predicted octanol–water partition coefficient (Wildman–Crippen LogP) is 3.08. The average Bonchev–Trinajstić information content (AvgIpc) is 2.58. The van der Waals surface area contributed by atoms with E-state index in [1.165, 1.54) is 12.1 Å². The van der Waals surface area contributed by atoms with Crippen LogP contribution in [0.1, 0.15) is 22.8 Å². The Morgan fingerprint density at radius 2 is 1.77 bits per heavy atom. The van der Waals surface area contributed by atoms with Crippen molar-refractivity contribution in [3.63, 3.8) is 0 Å². The molecule has 138 valence electrons. The summed E-state index contributed by atoms with van der Waals surface area (Å²) in [5, 5.41) is -3.62. The van der Waals surface area contributed by atoms with Gasteiger partial charge in [-0.25, -0.2) is 4.79 Å². The van der Waals surface area contributed by atoms with Gasteiger partial charge in [0.25, 0.3) is 5.78 Å². The number of ether oxygens (including phenoxy) is 1. The van der Waals surface area contributed by atoms with Crippen LogP contribution in [0.2, 0.25) is 0 Å². The number of hydrogen-bond acceptors (Lipinski definition) is 5. The minimum Gasteiger partial charge on any atom is -0.451 e. The van der Waals surface area contributed by atoms with Gasteiger partial charge in [0, 0.05) is 0 Å². The van der Waals surface area contributed by atoms with Crippen LogP contribution in [0.25, 0.3) is 16.8 Å². The molecule has 0 saturated heterocycles. The van der Waals surface area contributed by atoms with Gasteiger partial charge < -0.3 is 4.74 Å². The van der Waals surface area contributed by atoms with Crippen LogP contribution in [0, 0.1) is 0 Å². The predicted molar refractivity (Wildman–Crippen MR) is 90.4 cm³/mol. The SMILES string of the molecule is C=Cc1ccc2cc(C(=O)OC(C)C(=O)C(F)(F)S(=O)(=O)O)ccc2c1. The van der Waals surface area contributed by atoms with Crippen molar-refractivity contribution in [1.82, 2.24) is 0 Å². The molecule has 0 aliphatic heterocycles. The van der Waals surface area contributed by atoms with Gasteiger partial charge in [0.05, 0.1) is 5.56 Å². The Morgan fingerprint density at radius 3 is 2.35 bits per heavy atom. The zero-order chi connectivity index (χ0) is 19.7. The highest BCUT2D eigenvalue weighted by Gasteiger charge is 2.54. The van der Waals surface area contributed by atoms with E-state index in [-0.39, 0.29) is 5.56 Å². The number of rotatable bonds is 6. The minimum absolute atomic E-state index is 0.0151. The molecule has 0 heterocycles. The summed E-state index contributed by atoms with van der Waals surface area (Å²) >= 11 is 0. The molecule has 2 aromatic rings. The normalized spacial score (nSPS) is 13.2. The molecule has 1 unspecified atom stereocenters. The minimum atomic E-state index is -5.96. The average molecular weight is 384 g/mol. The lowest BCUT2D eigenvalue weighted by Gasteiger charge is -2.17. The largest absolute Gasteiger partial charge is 0.451 e. The number of halogens is 2. The van der Waals surface area contributed by atoms with E-state index < -0.39 is 33.2 Å². The number of carbonyl (C=O) groups excluding carboxylic acids is 2. The Bertz CT molecular complexity index is 997. The van der Waals surface area contributed by atoms with Gasteiger partial charge in [-0.05, 0) is 41.5 Å². The maximum atomic E-state index is 13.3. The Labute approximate surface area is 147 Å². The smallest absolute Gasteiger partial charge is 0.430 e. The molecule has 26 heavy (non-hydrogen) atoms. The molecule has 0 radical (unpaired) electrons. The summed E-state index contributed by atoms with van der Waals surface area (Å²) in [6.07, 6.45) is -0.442. The van der Waals surface area contributed by atoms with Crippen LogP contribution in [0.15, 0.2) is 43.0 Å². The fourth-order valence-corrected chi connectivity index (χ4v) is 2.58. The van der Waals surface area contributed by atoms with Crippen LogP contribution in [-0.2, 0) is 19.6 Å². The van der Waals surface area contributed by atoms with Gasteiger partial charge in [-0.2, -0.15) is 17.2 Å². The molecule has 0 fully saturated rings. The van der Waals surface area contributed by atoms with Gasteiger partial charge in [0.2, 0.25) is 0 Å². The molecule has 0 aliphatic rings. The van der Waals surface area contributed by atoms with Crippen molar-refractivity contribution < 1.29 is 36.1 Å². The molecule has 0 aliphatic carbocycles. The van der Waals surface area contributed by atoms with Crippen molar-refractivity contribution in [3.8, 4) is 0 Å². The molecule has 1 N–H and O–H groups in total. The first-order valence-electron chi connectivity index (χ1n) is 7.24. The van der Waals surface area contributed by atoms with Crippen molar-refractivity contribution in [2.75, 3.05) is 0 Å². The van der Waals surface area contributed by atoms with Crippen LogP contribution in [0.3, 0.4) is 0 Å². The number of Topliss-reactive ketones (excluding diaryl/α,β-unsaturated/α-hetero) is 1. The first-order chi connectivity index (χ1) is 12.0. The van der Waals surface area contributed by atoms with Crippen LogP contribution < -0.4 is 0 Å². The van der Waals surface area contributed by atoms with E-state index in [9.17, 15) is 26.8 Å². The van der Waals surface area contributed by atoms with Gasteiger partial charge in [0.15, 0.2) is 6.10 Å². The summed E-state index contributed by atoms with van der Waals surface area (Å²) in [6.45, 7) is 4.43. The highest BCUT2D eigenvalue weighted by Crippen LogP contribution is 2.25. The third-order valence-corrected chi connectivity index (χ3v) is 4.45. The van der Waals surface area contributed by atoms with Gasteiger partial charge >= 0.3 is 21.3 Å². The molecule has 0 aromatic heterocycles. The molecule has 2 rings (SSSR count). The third kappa shape index (κ3) is 3.78. The van der Waals surface area contributed by atoms with Gasteiger partial charge in [0.1, 0.15) is 0 Å². The Hall–Kier alpha value is -2.65. The van der Waals surface area contributed by atoms with E-state index >= 15 is 0 Å². The molecule has 2 aromatic carbocycles. The Morgan fingerprint density at radius 1 is 1.19 bits per heavy atom. The Kier molecular flexibility index (Phi) is 5.24. The third-order valence-electron chi connectivity index (χ3n) is 3.60. The molecule has 0 amide bonds. The standard InChI is InChI=1S/C17H14F2O6S/c1-3-11-4-5-13-9-14(7-6-12(13)8-11)16(21)25-10(2)15(20)17(18,19)26(22,23)24/h3-10H,1H2,2H3,(H,22,23,24). The number of hydrogen-bond donors (Lipinski definition) is 1. The lowest BCUT2D eigenvalue weighted by atomic mass is 10.0. The number of benzene rings is 2. The van der Waals surface area contributed by atoms with Crippen molar-refractivity contribution in [3.05, 3.63) is 54.1 Å². The molecule has 9 heteroatoms. The second-order valence-corrected chi connectivity index (χ2v) is 6.89. The maximum absolute atomic E-state index is 13.3. The van der Waals surface area contributed by atoms with Crippen LogP contribution in [0.5, 0.6) is 0 Å². The summed E-state index contributed by atoms with van der Waals surface area (Å²) in [5.74, 6) is -3.34. The maximum Gasteiger partial charge on any atom is 0.430 e. The summed E-state index contributed by atoms with van der Waals surface area (Å²) in [6, 6.07) is 9.68. The Balaban J connectivity index is 2.23. The molecule has 0 spiro atoms. The lowest BCUT2D eigenvalue weighted by molar-refractivity contribution is -0.142. The molecular weight excluding hydrogens is 370 g/mol. The number of alkyl halides is 2. The van der Waals surface area contributed by atoms with E-state index in [0.29, 0.717) is 5.39 Å². The number of fused-ring (bicyclic) bond motifs is 1. The van der Waals surface area contributed by atoms with Crippen molar-refractivity contribution >= 4 is 38.7 Å². The van der Waals surface area contributed by atoms with Crippen LogP contribution in [-0.4, -0.2) is 36.1 Å². The van der Waals surface area contributed by atoms with Gasteiger partial charge in [-0.3, -0.25) is 9.35 Å². The molecule has 6 nitrogen and oxygen atoms in total. The quantitative estimate of drug-likeness (QED) is 0.607. The highest BCUT2D eigenvalue weighted by atomic mass is 32.2. The zero-order valence-corrected chi connectivity index (χ0v) is 14.3. The van der Waals surface area contributed by atoms with Crippen LogP contribution in [0.4, 0.5) is 8.78 Å². The number of carbonyl (C=O) groups is 2. The van der Waals surface area contributed by atoms with Crippen molar-refractivity contribution in [2.45, 2.75) is 18.3 Å². The van der Waals surface area contributed by atoms with E-state index in [2.05, 4.69) is 11.3 Å². The van der Waals surface area contributed by atoms with Crippen molar-refractivity contribution in [2.24, 2.45) is 0 Å². The first-order valence-corrected chi connectivity index (χ1v) is 8.68. The summed E-state index contributed by atoms with van der Waals surface area (Å²) in [4.78, 5) is 23.5. The molecule has 0 bridgehead atoms. The zero-order valence-electron chi connectivity index (χ0n) is 13.5. The topological polar surface area (TPSA) is 97.7 Å². The van der Waals surface area contributed by atoms with Gasteiger partial charge in [-0.15, -0.1) is 0 Å². The molecular formula is C17H14F2O6S. The van der Waals surface area contributed by atoms with Gasteiger partial charge in [-0.1, -0.05) is 30.9 Å². The summed E-state index contributed by atoms with van der Waals surface area (Å²) < 4.78 is 60.9. The van der Waals surface area contributed by atoms with Crippen molar-refractivity contribution in [1.29, 1.82) is 0 Å². The van der Waals surface area contributed by atoms with E-state index in [4.69, 9.17) is 4.55 Å². The molecule has 0 saturated carbocycles. The fraction of sp³-hybridized carbons (Fsp3) is 0.176. The monoisotopic (exact) mass is 384 g/mol. The second-order valence-electron chi connectivity index (χ2n) is 5.43. The van der Waals surface area contributed by atoms with E-state index in [1.54, 1.807) is 24.3 Å². The number of ketones is 1. The molecule has 1 atom stereocenters. The summed E-state index contributed by atoms with van der Waals surface area (Å²) in [7, 11) is -5.96. The number of esters is 1. The highest BCUT2D eigenvalue weighted by molar-refractivity contribution is 7.87. The van der Waals surface area contributed by atoms with E-state index in [0.717, 1.165) is 17.9 Å². The first kappa shape index (κ1) is 19.7. The lowest BCUT2D eigenvalue weighted by Crippen LogP contribution is -2.44. The second kappa shape index (κ2) is 6.93. The summed E-state index contributed by atoms with van der Waals surface area (Å²) in [5.41, 5.74) is 0.846. The fourth-order valence-electron chi connectivity index (χ4n) is 2.16. The van der Waals surface area contributed by atoms with Crippen LogP contribution >= 0.6 is 0 Å².